The van der Waals surface area contributed by atoms with Gasteiger partial charge in [0.2, 0.25) is 5.91 Å². The van der Waals surface area contributed by atoms with Gasteiger partial charge in [0.05, 0.1) is 11.8 Å². The molecule has 0 bridgehead atoms. The molecule has 0 aromatic carbocycles. The fourth-order valence-electron chi connectivity index (χ4n) is 1.83. The van der Waals surface area contributed by atoms with Gasteiger partial charge in [-0.05, 0) is 33.6 Å². The molecule has 0 rings (SSSR count). The summed E-state index contributed by atoms with van der Waals surface area (Å²) in [4.78, 5) is 23.9. The largest absolute Gasteiger partial charge is 0.460 e. The normalized spacial score (nSPS) is 14.4. The average molecular weight is 302 g/mol. The Kier molecular flexibility index (Phi) is 9.21. The second kappa shape index (κ2) is 9.73. The Morgan fingerprint density at radius 3 is 2.33 bits per heavy atom. The van der Waals surface area contributed by atoms with E-state index in [0.29, 0.717) is 19.6 Å². The van der Waals surface area contributed by atoms with E-state index in [1.54, 1.807) is 27.7 Å². The number of nitrogens with one attached hydrogen (secondary N) is 1. The van der Waals surface area contributed by atoms with Crippen molar-refractivity contribution in [1.82, 2.24) is 5.43 Å². The van der Waals surface area contributed by atoms with Gasteiger partial charge >= 0.3 is 5.97 Å². The molecule has 2 unspecified atom stereocenters. The highest BCUT2D eigenvalue weighted by atomic mass is 16.6. The maximum absolute atomic E-state index is 12.1. The minimum absolute atomic E-state index is 0.368. The molecular weight excluding hydrogens is 272 g/mol. The summed E-state index contributed by atoms with van der Waals surface area (Å²) in [6.45, 7) is 10.2. The van der Waals surface area contributed by atoms with Crippen molar-refractivity contribution >= 4 is 11.9 Å². The molecule has 2 atom stereocenters. The first-order valence-corrected chi connectivity index (χ1v) is 7.54. The van der Waals surface area contributed by atoms with Crippen LogP contribution in [0.25, 0.3) is 0 Å². The van der Waals surface area contributed by atoms with Crippen LogP contribution >= 0.6 is 0 Å². The van der Waals surface area contributed by atoms with Gasteiger partial charge in [-0.15, -0.1) is 0 Å². The van der Waals surface area contributed by atoms with Crippen LogP contribution < -0.4 is 11.3 Å². The first-order chi connectivity index (χ1) is 9.72. The molecule has 0 saturated heterocycles. The number of esters is 1. The summed E-state index contributed by atoms with van der Waals surface area (Å²) in [7, 11) is 0. The molecule has 0 fully saturated rings. The summed E-state index contributed by atoms with van der Waals surface area (Å²) in [5.74, 6) is 3.31. The van der Waals surface area contributed by atoms with E-state index in [1.165, 1.54) is 0 Å². The molecule has 0 aromatic rings. The highest BCUT2D eigenvalue weighted by molar-refractivity contribution is 5.84. The lowest BCUT2D eigenvalue weighted by atomic mass is 9.90. The molecule has 6 nitrogen and oxygen atoms in total. The highest BCUT2D eigenvalue weighted by Gasteiger charge is 2.32. The van der Waals surface area contributed by atoms with Gasteiger partial charge in [0.15, 0.2) is 0 Å². The Hall–Kier alpha value is -1.14. The van der Waals surface area contributed by atoms with Crippen molar-refractivity contribution < 1.29 is 19.1 Å². The van der Waals surface area contributed by atoms with Crippen molar-refractivity contribution in [2.24, 2.45) is 17.7 Å². The van der Waals surface area contributed by atoms with Gasteiger partial charge in [0.1, 0.15) is 5.60 Å². The Bertz CT molecular complexity index is 326. The third-order valence-corrected chi connectivity index (χ3v) is 3.08. The third-order valence-electron chi connectivity index (χ3n) is 3.08. The van der Waals surface area contributed by atoms with Crippen molar-refractivity contribution in [3.8, 4) is 0 Å². The van der Waals surface area contributed by atoms with E-state index >= 15 is 0 Å². The lowest BCUT2D eigenvalue weighted by Crippen LogP contribution is -2.42. The van der Waals surface area contributed by atoms with Gasteiger partial charge in [-0.25, -0.2) is 5.84 Å². The van der Waals surface area contributed by atoms with Crippen LogP contribution in [0.4, 0.5) is 0 Å². The molecule has 0 heterocycles. The topological polar surface area (TPSA) is 90.6 Å². The quantitative estimate of drug-likeness (QED) is 0.223. The summed E-state index contributed by atoms with van der Waals surface area (Å²) in [5, 5.41) is 0. The van der Waals surface area contributed by atoms with Gasteiger partial charge in [0, 0.05) is 13.2 Å². The Labute approximate surface area is 127 Å². The van der Waals surface area contributed by atoms with Gasteiger partial charge in [0.25, 0.3) is 0 Å². The van der Waals surface area contributed by atoms with E-state index in [1.807, 2.05) is 0 Å². The number of hydrogen-bond acceptors (Lipinski definition) is 5. The van der Waals surface area contributed by atoms with E-state index in [-0.39, 0.29) is 5.91 Å². The zero-order valence-corrected chi connectivity index (χ0v) is 13.9. The minimum atomic E-state index is -0.577. The molecule has 0 aliphatic carbocycles. The summed E-state index contributed by atoms with van der Waals surface area (Å²) in [5.41, 5.74) is 1.54. The van der Waals surface area contributed by atoms with E-state index in [2.05, 4.69) is 12.3 Å². The fraction of sp³-hybridized carbons (Fsp3) is 0.867. The van der Waals surface area contributed by atoms with Gasteiger partial charge in [-0.3, -0.25) is 15.0 Å². The summed E-state index contributed by atoms with van der Waals surface area (Å²) < 4.78 is 10.8. The second-order valence-electron chi connectivity index (χ2n) is 6.19. The molecule has 0 aliphatic rings. The van der Waals surface area contributed by atoms with Crippen LogP contribution in [0.5, 0.6) is 0 Å². The van der Waals surface area contributed by atoms with Crippen LogP contribution in [0, 0.1) is 11.8 Å². The molecule has 0 aromatic heterocycles. The number of unbranched alkanes of at least 4 members (excludes halogenated alkanes) is 1. The molecule has 0 spiro atoms. The standard InChI is InChI=1S/C15H30N2O4/c1-6-7-9-20-10-8-12(13(18)17-16)11(2)14(19)21-15(3,4)5/h11-12H,6-10,16H2,1-5H3,(H,17,18). The molecular formula is C15H30N2O4. The predicted molar refractivity (Wildman–Crippen MR) is 81.2 cm³/mol. The van der Waals surface area contributed by atoms with Crippen LogP contribution in [0.2, 0.25) is 0 Å². The Balaban J connectivity index is 4.52. The maximum Gasteiger partial charge on any atom is 0.309 e. The Morgan fingerprint density at radius 1 is 1.24 bits per heavy atom. The van der Waals surface area contributed by atoms with Crippen molar-refractivity contribution in [1.29, 1.82) is 0 Å². The monoisotopic (exact) mass is 302 g/mol. The van der Waals surface area contributed by atoms with Crippen LogP contribution in [-0.2, 0) is 19.1 Å². The lowest BCUT2D eigenvalue weighted by Gasteiger charge is -2.26. The zero-order valence-electron chi connectivity index (χ0n) is 13.9. The molecule has 3 N–H and O–H groups in total. The Morgan fingerprint density at radius 2 is 1.86 bits per heavy atom. The highest BCUT2D eigenvalue weighted by Crippen LogP contribution is 2.21. The first kappa shape index (κ1) is 19.9. The number of rotatable bonds is 9. The summed E-state index contributed by atoms with van der Waals surface area (Å²) in [6.07, 6.45) is 2.48. The van der Waals surface area contributed by atoms with Gasteiger partial charge in [-0.1, -0.05) is 20.3 Å². The van der Waals surface area contributed by atoms with Crippen molar-refractivity contribution in [3.05, 3.63) is 0 Å². The third kappa shape index (κ3) is 8.67. The molecule has 1 amide bonds. The zero-order chi connectivity index (χ0) is 16.5. The SMILES string of the molecule is CCCCOCCC(C(=O)NN)C(C)C(=O)OC(C)(C)C. The van der Waals surface area contributed by atoms with Crippen LogP contribution in [0.15, 0.2) is 0 Å². The molecule has 21 heavy (non-hydrogen) atoms. The number of hydrogen-bond donors (Lipinski definition) is 2. The average Bonchev–Trinajstić information content (AvgIpc) is 2.39. The maximum atomic E-state index is 12.1. The van der Waals surface area contributed by atoms with E-state index in [9.17, 15) is 9.59 Å². The summed E-state index contributed by atoms with van der Waals surface area (Å²) in [6, 6.07) is 0. The predicted octanol–water partition coefficient (Wildman–Crippen LogP) is 1.78. The molecule has 124 valence electrons. The number of amides is 1. The molecule has 0 radical (unpaired) electrons. The number of nitrogens with two attached hydrogens (primary N) is 1. The van der Waals surface area contributed by atoms with E-state index in [0.717, 1.165) is 12.8 Å². The molecule has 0 aliphatic heterocycles. The number of carbonyl (C=O) groups is 2. The van der Waals surface area contributed by atoms with Crippen LogP contribution in [-0.4, -0.2) is 30.7 Å². The molecule has 6 heteroatoms. The van der Waals surface area contributed by atoms with Crippen LogP contribution in [0.1, 0.15) is 53.9 Å². The van der Waals surface area contributed by atoms with Crippen molar-refractivity contribution in [3.63, 3.8) is 0 Å². The molecule has 0 saturated carbocycles. The van der Waals surface area contributed by atoms with Crippen molar-refractivity contribution in [2.75, 3.05) is 13.2 Å². The van der Waals surface area contributed by atoms with Crippen LogP contribution in [0.3, 0.4) is 0 Å². The van der Waals surface area contributed by atoms with Gasteiger partial charge < -0.3 is 9.47 Å². The van der Waals surface area contributed by atoms with E-state index in [4.69, 9.17) is 15.3 Å². The lowest BCUT2D eigenvalue weighted by molar-refractivity contribution is -0.163. The second-order valence-corrected chi connectivity index (χ2v) is 6.19. The number of ether oxygens (including phenoxy) is 2. The fourth-order valence-corrected chi connectivity index (χ4v) is 1.83. The smallest absolute Gasteiger partial charge is 0.309 e. The summed E-state index contributed by atoms with van der Waals surface area (Å²) >= 11 is 0. The minimum Gasteiger partial charge on any atom is -0.460 e. The number of carbonyl (C=O) groups excluding carboxylic acids is 2. The van der Waals surface area contributed by atoms with Gasteiger partial charge in [-0.2, -0.15) is 0 Å². The van der Waals surface area contributed by atoms with Crippen molar-refractivity contribution in [2.45, 2.75) is 59.5 Å². The first-order valence-electron chi connectivity index (χ1n) is 7.54. The number of hydrazine groups is 1. The van der Waals surface area contributed by atoms with E-state index < -0.39 is 23.4 Å².